The van der Waals surface area contributed by atoms with Crippen LogP contribution in [0.15, 0.2) is 3.92 Å². The van der Waals surface area contributed by atoms with Gasteiger partial charge in [0, 0.05) is 5.92 Å². The summed E-state index contributed by atoms with van der Waals surface area (Å²) in [5.74, 6) is 1.70. The minimum atomic E-state index is 0.640. The molecule has 0 spiro atoms. The molecule has 2 rings (SSSR count). The maximum atomic E-state index is 4.36. The van der Waals surface area contributed by atoms with E-state index in [1.165, 1.54) is 43.6 Å². The second-order valence-corrected chi connectivity index (χ2v) is 5.27. The van der Waals surface area contributed by atoms with E-state index >= 15 is 0 Å². The highest BCUT2D eigenvalue weighted by Crippen LogP contribution is 2.32. The predicted octanol–water partition coefficient (Wildman–Crippen LogP) is 3.35. The lowest BCUT2D eigenvalue weighted by Gasteiger charge is -2.17. The highest BCUT2D eigenvalue weighted by atomic mass is 79.9. The summed E-state index contributed by atoms with van der Waals surface area (Å²) in [6.45, 7) is 0. The third-order valence-electron chi connectivity index (χ3n) is 2.39. The van der Waals surface area contributed by atoms with Crippen molar-refractivity contribution < 1.29 is 0 Å². The summed E-state index contributed by atoms with van der Waals surface area (Å²) >= 11 is 4.80. The zero-order valence-electron chi connectivity index (χ0n) is 6.79. The Morgan fingerprint density at radius 3 is 2.58 bits per heavy atom. The summed E-state index contributed by atoms with van der Waals surface area (Å²) < 4.78 is 5.24. The van der Waals surface area contributed by atoms with Crippen molar-refractivity contribution in [2.45, 2.75) is 38.0 Å². The van der Waals surface area contributed by atoms with Gasteiger partial charge in [0.05, 0.1) is 0 Å². The summed E-state index contributed by atoms with van der Waals surface area (Å²) in [7, 11) is 0. The van der Waals surface area contributed by atoms with Gasteiger partial charge in [-0.15, -0.1) is 0 Å². The minimum absolute atomic E-state index is 0.640. The van der Waals surface area contributed by atoms with Gasteiger partial charge in [-0.1, -0.05) is 19.3 Å². The average molecular weight is 247 g/mol. The molecule has 2 nitrogen and oxygen atoms in total. The maximum Gasteiger partial charge on any atom is 0.179 e. The van der Waals surface area contributed by atoms with E-state index in [1.54, 1.807) is 0 Å². The van der Waals surface area contributed by atoms with E-state index in [1.807, 2.05) is 0 Å². The number of hydrogen-bond acceptors (Lipinski definition) is 3. The Morgan fingerprint density at radius 1 is 1.25 bits per heavy atom. The van der Waals surface area contributed by atoms with E-state index in [2.05, 4.69) is 25.3 Å². The molecule has 12 heavy (non-hydrogen) atoms. The number of rotatable bonds is 1. The van der Waals surface area contributed by atoms with Gasteiger partial charge < -0.3 is 0 Å². The largest absolute Gasteiger partial charge is 0.212 e. The lowest BCUT2D eigenvalue weighted by atomic mass is 9.89. The van der Waals surface area contributed by atoms with E-state index in [4.69, 9.17) is 0 Å². The molecule has 66 valence electrons. The smallest absolute Gasteiger partial charge is 0.179 e. The van der Waals surface area contributed by atoms with Crippen molar-refractivity contribution in [1.82, 2.24) is 9.36 Å². The van der Waals surface area contributed by atoms with Crippen LogP contribution < -0.4 is 0 Å². The number of aromatic nitrogens is 2. The lowest BCUT2D eigenvalue weighted by Crippen LogP contribution is -2.05. The first-order chi connectivity index (χ1) is 5.86. The van der Waals surface area contributed by atoms with Crippen LogP contribution in [0.25, 0.3) is 0 Å². The van der Waals surface area contributed by atoms with Crippen LogP contribution in [0.5, 0.6) is 0 Å². The molecule has 0 N–H and O–H groups in total. The quantitative estimate of drug-likeness (QED) is 0.760. The Balaban J connectivity index is 2.08. The van der Waals surface area contributed by atoms with Crippen molar-refractivity contribution in [3.05, 3.63) is 9.74 Å². The molecule has 1 aliphatic carbocycles. The molecular formula is C8H11BrN2S. The normalized spacial score (nSPS) is 19.8. The van der Waals surface area contributed by atoms with Crippen molar-refractivity contribution in [3.63, 3.8) is 0 Å². The summed E-state index contributed by atoms with van der Waals surface area (Å²) in [5.41, 5.74) is 0. The minimum Gasteiger partial charge on any atom is -0.212 e. The monoisotopic (exact) mass is 246 g/mol. The van der Waals surface area contributed by atoms with Gasteiger partial charge >= 0.3 is 0 Å². The first kappa shape index (κ1) is 8.63. The molecule has 1 aliphatic rings. The maximum absolute atomic E-state index is 4.36. The average Bonchev–Trinajstić information content (AvgIpc) is 2.54. The van der Waals surface area contributed by atoms with E-state index in [0.717, 1.165) is 9.74 Å². The topological polar surface area (TPSA) is 25.8 Å². The molecule has 4 heteroatoms. The van der Waals surface area contributed by atoms with Crippen molar-refractivity contribution >= 4 is 27.5 Å². The molecule has 0 aromatic carbocycles. The summed E-state index contributed by atoms with van der Waals surface area (Å²) in [6, 6.07) is 0. The molecule has 0 amide bonds. The molecule has 0 aliphatic heterocycles. The van der Waals surface area contributed by atoms with Crippen molar-refractivity contribution in [2.75, 3.05) is 0 Å². The fraction of sp³-hybridized carbons (Fsp3) is 0.750. The molecule has 1 fully saturated rings. The van der Waals surface area contributed by atoms with Gasteiger partial charge in [-0.3, -0.25) is 0 Å². The van der Waals surface area contributed by atoms with Crippen LogP contribution in [-0.2, 0) is 0 Å². The van der Waals surface area contributed by atoms with Gasteiger partial charge in [-0.25, -0.2) is 4.98 Å². The third kappa shape index (κ3) is 1.85. The van der Waals surface area contributed by atoms with E-state index in [9.17, 15) is 0 Å². The molecule has 1 heterocycles. The molecule has 0 bridgehead atoms. The molecular weight excluding hydrogens is 236 g/mol. The first-order valence-corrected chi connectivity index (χ1v) is 5.92. The van der Waals surface area contributed by atoms with Gasteiger partial charge in [-0.2, -0.15) is 4.37 Å². The van der Waals surface area contributed by atoms with Crippen LogP contribution in [-0.4, -0.2) is 9.36 Å². The Kier molecular flexibility index (Phi) is 2.76. The van der Waals surface area contributed by atoms with E-state index in [0.29, 0.717) is 5.92 Å². The molecule has 1 aromatic heterocycles. The summed E-state index contributed by atoms with van der Waals surface area (Å²) in [5, 5.41) is 0. The Hall–Kier alpha value is 0.0400. The molecule has 0 radical (unpaired) electrons. The van der Waals surface area contributed by atoms with Crippen LogP contribution in [0.4, 0.5) is 0 Å². The second-order valence-electron chi connectivity index (χ2n) is 3.24. The van der Waals surface area contributed by atoms with Gasteiger partial charge in [-0.05, 0) is 40.3 Å². The number of halogens is 1. The predicted molar refractivity (Wildman–Crippen MR) is 53.4 cm³/mol. The molecule has 1 aromatic rings. The van der Waals surface area contributed by atoms with Crippen LogP contribution in [0.1, 0.15) is 43.8 Å². The third-order valence-corrected chi connectivity index (χ3v) is 3.52. The molecule has 0 unspecified atom stereocenters. The summed E-state index contributed by atoms with van der Waals surface area (Å²) in [4.78, 5) is 4.36. The van der Waals surface area contributed by atoms with Crippen molar-refractivity contribution in [2.24, 2.45) is 0 Å². The van der Waals surface area contributed by atoms with E-state index in [-0.39, 0.29) is 0 Å². The Bertz CT molecular complexity index is 255. The zero-order chi connectivity index (χ0) is 8.39. The SMILES string of the molecule is Brc1nc(C2CCCCC2)ns1. The van der Waals surface area contributed by atoms with Gasteiger partial charge in [0.2, 0.25) is 0 Å². The van der Waals surface area contributed by atoms with Crippen LogP contribution in [0, 0.1) is 0 Å². The number of hydrogen-bond donors (Lipinski definition) is 0. The molecule has 1 saturated carbocycles. The van der Waals surface area contributed by atoms with E-state index < -0.39 is 0 Å². The highest BCUT2D eigenvalue weighted by molar-refractivity contribution is 9.11. The van der Waals surface area contributed by atoms with Gasteiger partial charge in [0.15, 0.2) is 3.92 Å². The lowest BCUT2D eigenvalue weighted by molar-refractivity contribution is 0.431. The van der Waals surface area contributed by atoms with Gasteiger partial charge in [0.25, 0.3) is 0 Å². The van der Waals surface area contributed by atoms with Crippen LogP contribution in [0.3, 0.4) is 0 Å². The second kappa shape index (κ2) is 3.83. The Labute approximate surface area is 84.7 Å². The standard InChI is InChI=1S/C8H11BrN2S/c9-8-10-7(11-12-8)6-4-2-1-3-5-6/h6H,1-5H2. The molecule has 0 atom stereocenters. The van der Waals surface area contributed by atoms with Crippen LogP contribution in [0.2, 0.25) is 0 Å². The Morgan fingerprint density at radius 2 is 2.00 bits per heavy atom. The molecule has 0 saturated heterocycles. The number of nitrogens with zero attached hydrogens (tertiary/aromatic N) is 2. The zero-order valence-corrected chi connectivity index (χ0v) is 9.20. The fourth-order valence-corrected chi connectivity index (χ4v) is 2.63. The summed E-state index contributed by atoms with van der Waals surface area (Å²) in [6.07, 6.45) is 6.65. The van der Waals surface area contributed by atoms with Crippen LogP contribution >= 0.6 is 27.5 Å². The highest BCUT2D eigenvalue weighted by Gasteiger charge is 2.18. The van der Waals surface area contributed by atoms with Crippen molar-refractivity contribution in [3.8, 4) is 0 Å². The fourth-order valence-electron chi connectivity index (χ4n) is 1.74. The van der Waals surface area contributed by atoms with Gasteiger partial charge in [0.1, 0.15) is 5.82 Å². The van der Waals surface area contributed by atoms with Crippen molar-refractivity contribution in [1.29, 1.82) is 0 Å². The first-order valence-electron chi connectivity index (χ1n) is 4.35.